The maximum Gasteiger partial charge on any atom is 0.340 e. The standard InChI is InChI=1S/C15H16N4O4S2/c1-3-23-13(22)10-6-4-5-7-11(10)17-12(21)8-24-15-19-18-14(25-15)16-9(2)20/h4-7H,3,8H2,1-2H3,(H,17,21)(H,16,18,20). The van der Waals surface area contributed by atoms with Crippen LogP contribution in [-0.2, 0) is 14.3 Å². The Morgan fingerprint density at radius 1 is 1.20 bits per heavy atom. The van der Waals surface area contributed by atoms with Crippen LogP contribution in [0.4, 0.5) is 10.8 Å². The lowest BCUT2D eigenvalue weighted by Gasteiger charge is -2.09. The van der Waals surface area contributed by atoms with Gasteiger partial charge in [-0.1, -0.05) is 35.2 Å². The van der Waals surface area contributed by atoms with Crippen LogP contribution in [0.25, 0.3) is 0 Å². The van der Waals surface area contributed by atoms with Crippen LogP contribution in [0, 0.1) is 0 Å². The number of anilines is 2. The highest BCUT2D eigenvalue weighted by atomic mass is 32.2. The molecule has 1 aromatic heterocycles. The zero-order valence-corrected chi connectivity index (χ0v) is 15.2. The van der Waals surface area contributed by atoms with E-state index in [1.54, 1.807) is 31.2 Å². The molecule has 10 heteroatoms. The fraction of sp³-hybridized carbons (Fsp3) is 0.267. The van der Waals surface area contributed by atoms with E-state index >= 15 is 0 Å². The summed E-state index contributed by atoms with van der Waals surface area (Å²) in [6.07, 6.45) is 0. The first-order valence-corrected chi connectivity index (χ1v) is 9.09. The van der Waals surface area contributed by atoms with Gasteiger partial charge in [-0.3, -0.25) is 9.59 Å². The summed E-state index contributed by atoms with van der Waals surface area (Å²) in [6.45, 7) is 3.35. The van der Waals surface area contributed by atoms with Gasteiger partial charge in [0.05, 0.1) is 23.6 Å². The SMILES string of the molecule is CCOC(=O)c1ccccc1NC(=O)CSc1nnc(NC(C)=O)s1. The smallest absolute Gasteiger partial charge is 0.340 e. The van der Waals surface area contributed by atoms with Crippen molar-refractivity contribution in [1.82, 2.24) is 10.2 Å². The Kier molecular flexibility index (Phi) is 6.90. The maximum absolute atomic E-state index is 12.1. The fourth-order valence-corrected chi connectivity index (χ4v) is 3.36. The van der Waals surface area contributed by atoms with Gasteiger partial charge in [0.2, 0.25) is 16.9 Å². The molecule has 0 bridgehead atoms. The lowest BCUT2D eigenvalue weighted by molar-refractivity contribution is -0.114. The summed E-state index contributed by atoms with van der Waals surface area (Å²) in [5, 5.41) is 13.3. The summed E-state index contributed by atoms with van der Waals surface area (Å²) >= 11 is 2.36. The minimum absolute atomic E-state index is 0.0892. The molecule has 8 nitrogen and oxygen atoms in total. The lowest BCUT2D eigenvalue weighted by Crippen LogP contribution is -2.17. The molecule has 2 aromatic rings. The monoisotopic (exact) mass is 380 g/mol. The normalized spacial score (nSPS) is 10.2. The molecule has 25 heavy (non-hydrogen) atoms. The molecule has 2 rings (SSSR count). The number of esters is 1. The van der Waals surface area contributed by atoms with Gasteiger partial charge in [-0.05, 0) is 19.1 Å². The van der Waals surface area contributed by atoms with Gasteiger partial charge >= 0.3 is 5.97 Å². The summed E-state index contributed by atoms with van der Waals surface area (Å²) in [5.41, 5.74) is 0.689. The molecule has 1 heterocycles. The summed E-state index contributed by atoms with van der Waals surface area (Å²) < 4.78 is 5.52. The Hall–Kier alpha value is -2.46. The highest BCUT2D eigenvalue weighted by Gasteiger charge is 2.15. The quantitative estimate of drug-likeness (QED) is 0.431. The Labute approximate surface area is 152 Å². The number of carbonyl (C=O) groups excluding carboxylic acids is 3. The third-order valence-corrected chi connectivity index (χ3v) is 4.68. The minimum atomic E-state index is -0.491. The number of hydrogen-bond donors (Lipinski definition) is 2. The number of nitrogens with one attached hydrogen (secondary N) is 2. The first-order chi connectivity index (χ1) is 12.0. The molecule has 0 aliphatic rings. The minimum Gasteiger partial charge on any atom is -0.462 e. The molecule has 0 saturated carbocycles. The number of thioether (sulfide) groups is 1. The van der Waals surface area contributed by atoms with Crippen molar-refractivity contribution in [2.45, 2.75) is 18.2 Å². The van der Waals surface area contributed by atoms with Gasteiger partial charge in [-0.2, -0.15) is 0 Å². The van der Waals surface area contributed by atoms with Gasteiger partial charge in [-0.15, -0.1) is 10.2 Å². The van der Waals surface area contributed by atoms with Crippen LogP contribution in [0.1, 0.15) is 24.2 Å². The van der Waals surface area contributed by atoms with E-state index in [9.17, 15) is 14.4 Å². The molecule has 0 aliphatic heterocycles. The summed E-state index contributed by atoms with van der Waals surface area (Å²) in [4.78, 5) is 34.9. The molecule has 0 unspecified atom stereocenters. The van der Waals surface area contributed by atoms with E-state index in [4.69, 9.17) is 4.74 Å². The highest BCUT2D eigenvalue weighted by molar-refractivity contribution is 8.01. The first kappa shape index (κ1) is 18.9. The number of rotatable bonds is 7. The number of carbonyl (C=O) groups is 3. The van der Waals surface area contributed by atoms with Crippen molar-refractivity contribution in [1.29, 1.82) is 0 Å². The molecule has 0 fully saturated rings. The number of nitrogens with zero attached hydrogens (tertiary/aromatic N) is 2. The molecule has 0 atom stereocenters. The first-order valence-electron chi connectivity index (χ1n) is 7.29. The summed E-state index contributed by atoms with van der Waals surface area (Å²) in [7, 11) is 0. The number of benzene rings is 1. The van der Waals surface area contributed by atoms with E-state index in [-0.39, 0.29) is 24.2 Å². The molecule has 2 amide bonds. The van der Waals surface area contributed by atoms with Crippen LogP contribution >= 0.6 is 23.1 Å². The van der Waals surface area contributed by atoms with Crippen molar-refractivity contribution < 1.29 is 19.1 Å². The Morgan fingerprint density at radius 2 is 1.96 bits per heavy atom. The van der Waals surface area contributed by atoms with E-state index in [0.717, 1.165) is 0 Å². The largest absolute Gasteiger partial charge is 0.462 e. The van der Waals surface area contributed by atoms with E-state index in [1.165, 1.54) is 30.0 Å². The maximum atomic E-state index is 12.1. The highest BCUT2D eigenvalue weighted by Crippen LogP contribution is 2.25. The van der Waals surface area contributed by atoms with E-state index in [0.29, 0.717) is 20.7 Å². The van der Waals surface area contributed by atoms with E-state index < -0.39 is 5.97 Å². The zero-order valence-electron chi connectivity index (χ0n) is 13.6. The van der Waals surface area contributed by atoms with Crippen LogP contribution < -0.4 is 10.6 Å². The molecular weight excluding hydrogens is 364 g/mol. The van der Waals surface area contributed by atoms with Crippen LogP contribution in [0.15, 0.2) is 28.6 Å². The van der Waals surface area contributed by atoms with Gasteiger partial charge in [0, 0.05) is 6.92 Å². The lowest BCUT2D eigenvalue weighted by atomic mass is 10.2. The topological polar surface area (TPSA) is 110 Å². The van der Waals surface area contributed by atoms with Gasteiger partial charge in [0.1, 0.15) is 0 Å². The number of hydrogen-bond acceptors (Lipinski definition) is 8. The fourth-order valence-electron chi connectivity index (χ4n) is 1.76. The molecule has 0 saturated heterocycles. The second kappa shape index (κ2) is 9.14. The number of amides is 2. The second-order valence-corrected chi connectivity index (χ2v) is 6.86. The van der Waals surface area contributed by atoms with Gasteiger partial charge in [0.15, 0.2) is 4.34 Å². The zero-order chi connectivity index (χ0) is 18.2. The molecule has 132 valence electrons. The number of para-hydroxylation sites is 1. The third kappa shape index (κ3) is 5.84. The van der Waals surface area contributed by atoms with E-state index in [2.05, 4.69) is 20.8 Å². The van der Waals surface area contributed by atoms with Gasteiger partial charge < -0.3 is 15.4 Å². The summed E-state index contributed by atoms with van der Waals surface area (Å²) in [5.74, 6) is -0.930. The van der Waals surface area contributed by atoms with Crippen LogP contribution in [-0.4, -0.2) is 40.3 Å². The van der Waals surface area contributed by atoms with Crippen molar-refractivity contribution >= 4 is 51.7 Å². The third-order valence-electron chi connectivity index (χ3n) is 2.71. The molecule has 0 spiro atoms. The predicted molar refractivity (Wildman–Crippen MR) is 96.0 cm³/mol. The van der Waals surface area contributed by atoms with Crippen molar-refractivity contribution in [3.63, 3.8) is 0 Å². The van der Waals surface area contributed by atoms with Crippen molar-refractivity contribution in [3.05, 3.63) is 29.8 Å². The Bertz CT molecular complexity index is 778. The Morgan fingerprint density at radius 3 is 2.68 bits per heavy atom. The number of ether oxygens (including phenoxy) is 1. The molecule has 0 aliphatic carbocycles. The van der Waals surface area contributed by atoms with Gasteiger partial charge in [-0.25, -0.2) is 4.79 Å². The van der Waals surface area contributed by atoms with Gasteiger partial charge in [0.25, 0.3) is 0 Å². The van der Waals surface area contributed by atoms with Crippen LogP contribution in [0.5, 0.6) is 0 Å². The molecule has 1 aromatic carbocycles. The van der Waals surface area contributed by atoms with Crippen LogP contribution in [0.2, 0.25) is 0 Å². The molecule has 2 N–H and O–H groups in total. The van der Waals surface area contributed by atoms with Crippen molar-refractivity contribution in [3.8, 4) is 0 Å². The Balaban J connectivity index is 1.93. The average Bonchev–Trinajstić information content (AvgIpc) is 3.00. The molecular formula is C15H16N4O4S2. The molecule has 0 radical (unpaired) electrons. The number of aromatic nitrogens is 2. The average molecular weight is 380 g/mol. The van der Waals surface area contributed by atoms with Crippen LogP contribution in [0.3, 0.4) is 0 Å². The summed E-state index contributed by atoms with van der Waals surface area (Å²) in [6, 6.07) is 6.64. The second-order valence-electron chi connectivity index (χ2n) is 4.66. The van der Waals surface area contributed by atoms with E-state index in [1.807, 2.05) is 0 Å². The predicted octanol–water partition coefficient (Wildman–Crippen LogP) is 2.40. The van der Waals surface area contributed by atoms with Crippen molar-refractivity contribution in [2.75, 3.05) is 23.0 Å². The van der Waals surface area contributed by atoms with Crippen molar-refractivity contribution in [2.24, 2.45) is 0 Å².